The molecule has 1 amide bonds. The Balaban J connectivity index is 2.33. The second kappa shape index (κ2) is 6.37. The fraction of sp³-hybridized carbons (Fsp3) is 0.917. The van der Waals surface area contributed by atoms with Crippen molar-refractivity contribution in [1.82, 2.24) is 4.90 Å². The maximum atomic E-state index is 11.8. The van der Waals surface area contributed by atoms with Gasteiger partial charge in [0.1, 0.15) is 0 Å². The average Bonchev–Trinajstić information content (AvgIpc) is 2.28. The quantitative estimate of drug-likeness (QED) is 0.682. The van der Waals surface area contributed by atoms with Crippen molar-refractivity contribution >= 4 is 17.5 Å². The molecule has 0 radical (unpaired) electrons. The van der Waals surface area contributed by atoms with E-state index in [-0.39, 0.29) is 11.8 Å². The Kier molecular flexibility index (Phi) is 5.44. The lowest BCUT2D eigenvalue weighted by Gasteiger charge is -2.28. The van der Waals surface area contributed by atoms with Crippen LogP contribution in [0.25, 0.3) is 0 Å². The molecule has 0 aromatic heterocycles. The van der Waals surface area contributed by atoms with E-state index in [9.17, 15) is 4.79 Å². The Labute approximate surface area is 98.0 Å². The lowest BCUT2D eigenvalue weighted by molar-refractivity contribution is -0.133. The van der Waals surface area contributed by atoms with E-state index >= 15 is 0 Å². The van der Waals surface area contributed by atoms with Crippen LogP contribution in [0.3, 0.4) is 0 Å². The van der Waals surface area contributed by atoms with Crippen LogP contribution in [0.5, 0.6) is 0 Å². The van der Waals surface area contributed by atoms with Crippen LogP contribution in [0, 0.1) is 11.8 Å². The first-order valence-corrected chi connectivity index (χ1v) is 6.49. The monoisotopic (exact) mass is 231 g/mol. The van der Waals surface area contributed by atoms with Crippen LogP contribution in [-0.4, -0.2) is 30.3 Å². The number of carbonyl (C=O) groups is 1. The van der Waals surface area contributed by atoms with E-state index < -0.39 is 0 Å². The predicted octanol–water partition coefficient (Wildman–Crippen LogP) is 2.90. The Morgan fingerprint density at radius 2 is 2.00 bits per heavy atom. The van der Waals surface area contributed by atoms with Crippen molar-refractivity contribution in [1.29, 1.82) is 0 Å². The van der Waals surface area contributed by atoms with Crippen LogP contribution in [0.2, 0.25) is 0 Å². The van der Waals surface area contributed by atoms with Gasteiger partial charge in [-0.15, -0.1) is 11.6 Å². The standard InChI is InChI=1S/C12H22ClNO/c1-10(8-13)12(15)14(2)9-11-6-4-3-5-7-11/h10-11H,3-9H2,1-2H3. The van der Waals surface area contributed by atoms with Crippen molar-refractivity contribution in [2.75, 3.05) is 19.5 Å². The lowest BCUT2D eigenvalue weighted by atomic mass is 9.89. The predicted molar refractivity (Wildman–Crippen MR) is 64.1 cm³/mol. The van der Waals surface area contributed by atoms with Gasteiger partial charge in [-0.05, 0) is 18.8 Å². The average molecular weight is 232 g/mol. The van der Waals surface area contributed by atoms with E-state index in [0.717, 1.165) is 12.5 Å². The first-order chi connectivity index (χ1) is 7.15. The van der Waals surface area contributed by atoms with Gasteiger partial charge in [-0.3, -0.25) is 4.79 Å². The summed E-state index contributed by atoms with van der Waals surface area (Å²) < 4.78 is 0. The van der Waals surface area contributed by atoms with Crippen LogP contribution >= 0.6 is 11.6 Å². The van der Waals surface area contributed by atoms with Crippen molar-refractivity contribution in [2.24, 2.45) is 11.8 Å². The zero-order valence-electron chi connectivity index (χ0n) is 9.84. The van der Waals surface area contributed by atoms with E-state index in [1.807, 2.05) is 18.9 Å². The molecule has 2 nitrogen and oxygen atoms in total. The van der Waals surface area contributed by atoms with Crippen molar-refractivity contribution < 1.29 is 4.79 Å². The highest BCUT2D eigenvalue weighted by atomic mass is 35.5. The van der Waals surface area contributed by atoms with E-state index in [2.05, 4.69) is 0 Å². The Morgan fingerprint density at radius 3 is 2.53 bits per heavy atom. The fourth-order valence-electron chi connectivity index (χ4n) is 2.29. The topological polar surface area (TPSA) is 20.3 Å². The first-order valence-electron chi connectivity index (χ1n) is 5.96. The van der Waals surface area contributed by atoms with Crippen LogP contribution in [0.4, 0.5) is 0 Å². The van der Waals surface area contributed by atoms with Gasteiger partial charge in [0.15, 0.2) is 0 Å². The second-order valence-electron chi connectivity index (χ2n) is 4.78. The highest BCUT2D eigenvalue weighted by Gasteiger charge is 2.21. The van der Waals surface area contributed by atoms with E-state index in [4.69, 9.17) is 11.6 Å². The lowest BCUT2D eigenvalue weighted by Crippen LogP contribution is -2.36. The van der Waals surface area contributed by atoms with Gasteiger partial charge in [-0.2, -0.15) is 0 Å². The van der Waals surface area contributed by atoms with Gasteiger partial charge >= 0.3 is 0 Å². The molecule has 0 aliphatic heterocycles. The summed E-state index contributed by atoms with van der Waals surface area (Å²) in [5.74, 6) is 1.29. The van der Waals surface area contributed by atoms with E-state index in [1.165, 1.54) is 32.1 Å². The highest BCUT2D eigenvalue weighted by Crippen LogP contribution is 2.24. The molecule has 1 rings (SSSR count). The summed E-state index contributed by atoms with van der Waals surface area (Å²) in [5.41, 5.74) is 0. The summed E-state index contributed by atoms with van der Waals surface area (Å²) >= 11 is 5.69. The van der Waals surface area contributed by atoms with Gasteiger partial charge in [0.25, 0.3) is 0 Å². The van der Waals surface area contributed by atoms with Crippen LogP contribution in [0.1, 0.15) is 39.0 Å². The molecule has 0 N–H and O–H groups in total. The fourth-order valence-corrected chi connectivity index (χ4v) is 2.42. The minimum Gasteiger partial charge on any atom is -0.345 e. The van der Waals surface area contributed by atoms with E-state index in [1.54, 1.807) is 0 Å². The molecule has 88 valence electrons. The minimum atomic E-state index is -0.0414. The van der Waals surface area contributed by atoms with Crippen molar-refractivity contribution in [2.45, 2.75) is 39.0 Å². The third-order valence-corrected chi connectivity index (χ3v) is 3.75. The molecule has 3 heteroatoms. The first kappa shape index (κ1) is 12.8. The number of halogens is 1. The molecule has 1 atom stereocenters. The van der Waals surface area contributed by atoms with E-state index in [0.29, 0.717) is 5.88 Å². The summed E-state index contributed by atoms with van der Waals surface area (Å²) in [7, 11) is 1.90. The Bertz CT molecular complexity index is 202. The molecule has 1 aliphatic carbocycles. The van der Waals surface area contributed by atoms with Crippen LogP contribution in [0.15, 0.2) is 0 Å². The summed E-state index contributed by atoms with van der Waals surface area (Å²) in [6.07, 6.45) is 6.60. The van der Waals surface area contributed by atoms with Crippen LogP contribution < -0.4 is 0 Å². The molecule has 0 aromatic rings. The number of alkyl halides is 1. The van der Waals surface area contributed by atoms with Gasteiger partial charge in [0.05, 0.1) is 0 Å². The smallest absolute Gasteiger partial charge is 0.226 e. The number of rotatable bonds is 4. The Hall–Kier alpha value is -0.240. The molecule has 0 spiro atoms. The SMILES string of the molecule is CC(CCl)C(=O)N(C)CC1CCCCC1. The summed E-state index contributed by atoms with van der Waals surface area (Å²) in [4.78, 5) is 13.7. The van der Waals surface area contributed by atoms with Gasteiger partial charge in [0, 0.05) is 25.4 Å². The van der Waals surface area contributed by atoms with Gasteiger partial charge in [-0.1, -0.05) is 26.2 Å². The molecule has 0 bridgehead atoms. The number of hydrogen-bond donors (Lipinski definition) is 0. The van der Waals surface area contributed by atoms with Gasteiger partial charge < -0.3 is 4.90 Å². The minimum absolute atomic E-state index is 0.0414. The molecule has 1 fully saturated rings. The van der Waals surface area contributed by atoms with Crippen molar-refractivity contribution in [3.8, 4) is 0 Å². The zero-order valence-corrected chi connectivity index (χ0v) is 10.6. The van der Waals surface area contributed by atoms with Gasteiger partial charge in [0.2, 0.25) is 5.91 Å². The largest absolute Gasteiger partial charge is 0.345 e. The summed E-state index contributed by atoms with van der Waals surface area (Å²) in [6, 6.07) is 0. The third-order valence-electron chi connectivity index (χ3n) is 3.29. The van der Waals surface area contributed by atoms with Gasteiger partial charge in [-0.25, -0.2) is 0 Å². The number of hydrogen-bond acceptors (Lipinski definition) is 1. The molecule has 1 aliphatic rings. The number of carbonyl (C=O) groups excluding carboxylic acids is 1. The highest BCUT2D eigenvalue weighted by molar-refractivity contribution is 6.19. The maximum absolute atomic E-state index is 11.8. The Morgan fingerprint density at radius 1 is 1.40 bits per heavy atom. The zero-order chi connectivity index (χ0) is 11.3. The molecule has 15 heavy (non-hydrogen) atoms. The third kappa shape index (κ3) is 4.02. The second-order valence-corrected chi connectivity index (χ2v) is 5.09. The molecular formula is C12H22ClNO. The summed E-state index contributed by atoms with van der Waals surface area (Å²) in [6.45, 7) is 2.81. The van der Waals surface area contributed by atoms with Crippen molar-refractivity contribution in [3.05, 3.63) is 0 Å². The molecule has 0 heterocycles. The number of nitrogens with zero attached hydrogens (tertiary/aromatic N) is 1. The molecule has 1 unspecified atom stereocenters. The van der Waals surface area contributed by atoms with Crippen LogP contribution in [-0.2, 0) is 4.79 Å². The number of amides is 1. The normalized spacial score (nSPS) is 19.9. The molecular weight excluding hydrogens is 210 g/mol. The molecule has 0 saturated heterocycles. The summed E-state index contributed by atoms with van der Waals surface area (Å²) in [5, 5.41) is 0. The van der Waals surface area contributed by atoms with Crippen molar-refractivity contribution in [3.63, 3.8) is 0 Å². The molecule has 0 aromatic carbocycles. The maximum Gasteiger partial charge on any atom is 0.226 e. The molecule has 1 saturated carbocycles.